The van der Waals surface area contributed by atoms with Gasteiger partial charge in [0.2, 0.25) is 23.5 Å². The van der Waals surface area contributed by atoms with Crippen LogP contribution in [0.5, 0.6) is 11.8 Å². The Kier molecular flexibility index (Phi) is 23.6. The maximum Gasteiger partial charge on any atom is 0.515 e. The molecule has 0 fully saturated rings. The van der Waals surface area contributed by atoms with Crippen molar-refractivity contribution in [1.82, 2.24) is 29.9 Å². The molecule has 1 N–H and O–H groups in total. The second-order valence-corrected chi connectivity index (χ2v) is 39.7. The van der Waals surface area contributed by atoms with E-state index in [1.54, 1.807) is 138 Å². The number of aromatic nitrogens is 6. The van der Waals surface area contributed by atoms with Crippen molar-refractivity contribution in [3.63, 3.8) is 0 Å². The monoisotopic (exact) mass is 1300 g/mol. The Morgan fingerprint density at radius 3 is 1.18 bits per heavy atom. The van der Waals surface area contributed by atoms with Crippen molar-refractivity contribution < 1.29 is 85.1 Å². The molecule has 4 rings (SSSR count). The third kappa shape index (κ3) is 23.2. The van der Waals surface area contributed by atoms with Gasteiger partial charge in [0.1, 0.15) is 57.2 Å². The number of aliphatic imine (C=N–C) groups is 1. The van der Waals surface area contributed by atoms with Gasteiger partial charge in [0.05, 0.1) is 12.7 Å². The van der Waals surface area contributed by atoms with Gasteiger partial charge >= 0.3 is 36.7 Å². The van der Waals surface area contributed by atoms with Crippen LogP contribution in [0.25, 0.3) is 11.2 Å². The Morgan fingerprint density at radius 1 is 0.467 bits per heavy atom. The van der Waals surface area contributed by atoms with Gasteiger partial charge in [-0.15, -0.1) is 9.80 Å². The lowest BCUT2D eigenvalue weighted by atomic mass is 10.1. The molecule has 0 saturated heterocycles. The first-order chi connectivity index (χ1) is 40.2. The van der Waals surface area contributed by atoms with Crippen molar-refractivity contribution in [2.24, 2.45) is 4.99 Å². The normalized spacial score (nSPS) is 14.1. The average molecular weight is 1300 g/mol. The highest BCUT2D eigenvalue weighted by molar-refractivity contribution is 6.74. The fourth-order valence-corrected chi connectivity index (χ4v) is 9.35. The molecular weight excluding hydrogens is 1200 g/mol. The minimum atomic E-state index is -2.32. The van der Waals surface area contributed by atoms with Crippen LogP contribution in [0.2, 0.25) is 36.3 Å². The number of imide groups is 2. The highest BCUT2D eigenvalue weighted by atomic mass is 28.4. The zero-order valence-corrected chi connectivity index (χ0v) is 60.3. The van der Waals surface area contributed by atoms with Crippen LogP contribution >= 0.6 is 0 Å². The minimum Gasteiger partial charge on any atom is -0.443 e. The highest BCUT2D eigenvalue weighted by Gasteiger charge is 2.44. The maximum absolute atomic E-state index is 13.5. The van der Waals surface area contributed by atoms with Crippen LogP contribution in [-0.2, 0) is 42.1 Å². The fraction of sp³-hybridized carbons (Fsp3) is 0.683. The number of rotatable bonds is 12. The summed E-state index contributed by atoms with van der Waals surface area (Å²) >= 11 is 0. The van der Waals surface area contributed by atoms with E-state index in [1.807, 2.05) is 26.2 Å². The molecule has 4 amide bonds. The van der Waals surface area contributed by atoms with Gasteiger partial charge in [-0.2, -0.15) is 19.9 Å². The van der Waals surface area contributed by atoms with Crippen LogP contribution in [-0.4, -0.2) is 153 Å². The molecule has 0 radical (unpaired) electrons. The van der Waals surface area contributed by atoms with Gasteiger partial charge in [-0.3, -0.25) is 9.59 Å². The molecule has 1 aliphatic rings. The smallest absolute Gasteiger partial charge is 0.443 e. The number of nitrogens with one attached hydrogen (secondary N) is 1. The van der Waals surface area contributed by atoms with Crippen molar-refractivity contribution in [1.29, 1.82) is 0 Å². The third-order valence-corrected chi connectivity index (χ3v) is 21.7. The molecule has 1 aliphatic heterocycles. The summed E-state index contributed by atoms with van der Waals surface area (Å²) in [4.78, 5) is 136. The number of hydrogen-bond donors (Lipinski definition) is 1. The molecule has 0 spiro atoms. The number of amides is 4. The standard InChI is InChI=1S/C30H49N5O9Si.C30H47N5O9Si/c2*1-17(44-45(14,15)30(11,12)13)20(36)18-16-31-21-19(32-18)22(40-26(39)43-29(8,9)10)34-23(33-21)35(24(37)41-27(2,3)4)25(38)42-28(5,6)7/h17H,16H2,1-15H3,(H,31,33,34);16-17H,1-15H3/t2*17-/m00/s1. The van der Waals surface area contributed by atoms with E-state index < -0.39 is 129 Å². The van der Waals surface area contributed by atoms with Gasteiger partial charge < -0.3 is 52.1 Å². The topological polar surface area (TPSA) is 337 Å². The fourth-order valence-electron chi connectivity index (χ4n) is 6.66. The van der Waals surface area contributed by atoms with Gasteiger partial charge in [0, 0.05) is 0 Å². The Bertz CT molecular complexity index is 3170. The maximum atomic E-state index is 13.5. The van der Waals surface area contributed by atoms with Crippen molar-refractivity contribution in [2.75, 3.05) is 21.7 Å². The van der Waals surface area contributed by atoms with Crippen LogP contribution in [0.4, 0.5) is 52.2 Å². The molecule has 2 atom stereocenters. The van der Waals surface area contributed by atoms with E-state index in [0.717, 1.165) is 0 Å². The molecule has 3 aromatic heterocycles. The number of Topliss-reactive ketones (excluding diaryl/α,β-unsaturated/α-hetero) is 2. The van der Waals surface area contributed by atoms with E-state index in [0.29, 0.717) is 9.80 Å². The molecule has 0 bridgehead atoms. The van der Waals surface area contributed by atoms with Gasteiger partial charge in [-0.1, -0.05) is 41.5 Å². The van der Waals surface area contributed by atoms with Crippen LogP contribution in [0.1, 0.15) is 191 Å². The summed E-state index contributed by atoms with van der Waals surface area (Å²) < 4.78 is 55.6. The Hall–Kier alpha value is -7.32. The first-order valence-corrected chi connectivity index (χ1v) is 35.1. The summed E-state index contributed by atoms with van der Waals surface area (Å²) in [5, 5.41) is 2.68. The molecule has 502 valence electrons. The van der Waals surface area contributed by atoms with E-state index in [9.17, 15) is 38.4 Å². The number of carbonyl (C=O) groups is 8. The Labute approximate surface area is 530 Å². The molecule has 28 nitrogen and oxygen atoms in total. The Morgan fingerprint density at radius 2 is 0.811 bits per heavy atom. The minimum absolute atomic E-state index is 0.0230. The lowest BCUT2D eigenvalue weighted by Gasteiger charge is -2.38. The molecule has 0 saturated carbocycles. The second kappa shape index (κ2) is 27.6. The van der Waals surface area contributed by atoms with E-state index >= 15 is 0 Å². The van der Waals surface area contributed by atoms with Crippen LogP contribution in [0.3, 0.4) is 0 Å². The van der Waals surface area contributed by atoms with Crippen LogP contribution < -0.4 is 24.6 Å². The van der Waals surface area contributed by atoms with E-state index in [-0.39, 0.29) is 56.5 Å². The molecule has 0 aliphatic carbocycles. The lowest BCUT2D eigenvalue weighted by Crippen LogP contribution is -2.47. The summed E-state index contributed by atoms with van der Waals surface area (Å²) in [5.74, 6) is -2.97. The predicted molar refractivity (Wildman–Crippen MR) is 341 cm³/mol. The summed E-state index contributed by atoms with van der Waals surface area (Å²) in [6.45, 7) is 52.9. The number of carbonyl (C=O) groups excluding carboxylic acids is 8. The van der Waals surface area contributed by atoms with Crippen LogP contribution in [0.15, 0.2) is 11.2 Å². The zero-order valence-electron chi connectivity index (χ0n) is 58.3. The van der Waals surface area contributed by atoms with Gasteiger partial charge in [0.15, 0.2) is 39.3 Å². The summed E-state index contributed by atoms with van der Waals surface area (Å²) in [5.41, 5.74) is -6.43. The van der Waals surface area contributed by atoms with Gasteiger partial charge in [-0.05, 0) is 175 Å². The van der Waals surface area contributed by atoms with Gasteiger partial charge in [-0.25, -0.2) is 43.7 Å². The number of fused-ring (bicyclic) bond motifs is 2. The number of anilines is 3. The largest absolute Gasteiger partial charge is 0.515 e. The molecule has 4 heterocycles. The average Bonchev–Trinajstić information content (AvgIpc) is 0.890. The SMILES string of the molecule is C[C@H](O[Si](C)(C)C(C)(C)C)C(=O)C1=Nc2c(nc(N(C(=O)OC(C)(C)C)C(=O)OC(C)(C)C)nc2OC(=O)OC(C)(C)C)NC1.C[C@H](O[Si](C)(C)C(C)(C)C)C(=O)c1cnc2nc(N(C(=O)OC(C)(C)C)C(=O)OC(C)(C)C)nc(OC(=O)OC(C)(C)C)c2n1. The van der Waals surface area contributed by atoms with E-state index in [4.69, 9.17) is 46.7 Å². The molecule has 30 heteroatoms. The quantitative estimate of drug-likeness (QED) is 0.0762. The molecule has 90 heavy (non-hydrogen) atoms. The van der Waals surface area contributed by atoms with E-state index in [1.165, 1.54) is 6.20 Å². The molecule has 3 aromatic rings. The van der Waals surface area contributed by atoms with Crippen molar-refractivity contribution in [3.05, 3.63) is 11.9 Å². The lowest BCUT2D eigenvalue weighted by molar-refractivity contribution is -0.119. The first-order valence-electron chi connectivity index (χ1n) is 29.3. The van der Waals surface area contributed by atoms with Crippen molar-refractivity contribution in [3.8, 4) is 11.8 Å². The predicted octanol–water partition coefficient (Wildman–Crippen LogP) is 13.9. The Balaban J connectivity index is 0.000000470. The number of ketones is 2. The van der Waals surface area contributed by atoms with Crippen LogP contribution in [0, 0.1) is 0 Å². The number of hydrogen-bond acceptors (Lipinski definition) is 26. The molecular formula is C60H96N10O18Si2. The molecule has 0 aromatic carbocycles. The van der Waals surface area contributed by atoms with Gasteiger partial charge in [0.25, 0.3) is 11.8 Å². The van der Waals surface area contributed by atoms with Crippen molar-refractivity contribution >= 4 is 105 Å². The third-order valence-electron chi connectivity index (χ3n) is 12.5. The highest BCUT2D eigenvalue weighted by Crippen LogP contribution is 2.41. The summed E-state index contributed by atoms with van der Waals surface area (Å²) in [6.07, 6.45) is -7.37. The second-order valence-electron chi connectivity index (χ2n) is 30.2. The molecule has 0 unspecified atom stereocenters. The number of nitrogens with zero attached hydrogens (tertiary/aromatic N) is 9. The zero-order chi connectivity index (χ0) is 69.8. The summed E-state index contributed by atoms with van der Waals surface area (Å²) in [6, 6.07) is 0. The van der Waals surface area contributed by atoms with E-state index in [2.05, 4.69) is 81.8 Å². The summed E-state index contributed by atoms with van der Waals surface area (Å²) in [7, 11) is -4.62. The first kappa shape index (κ1) is 76.9. The number of ether oxygens (including phenoxy) is 8. The van der Waals surface area contributed by atoms with Crippen molar-refractivity contribution in [2.45, 2.75) is 262 Å².